The number of hydrogen-bond acceptors (Lipinski definition) is 3. The number of ether oxygens (including phenoxy) is 1. The summed E-state index contributed by atoms with van der Waals surface area (Å²) in [5.41, 5.74) is 4.89. The summed E-state index contributed by atoms with van der Waals surface area (Å²) in [6.45, 7) is 1.58. The Morgan fingerprint density at radius 1 is 1.60 bits per heavy atom. The number of carbonyl (C=O) groups is 2. The van der Waals surface area contributed by atoms with E-state index in [1.165, 1.54) is 7.11 Å². The maximum absolute atomic E-state index is 10.5. The van der Waals surface area contributed by atoms with Crippen LogP contribution in [-0.4, -0.2) is 19.0 Å². The Hall–Kier alpha value is -1.06. The molecule has 0 fully saturated rings. The molecule has 0 aliphatic heterocycles. The second kappa shape index (κ2) is 3.87. The summed E-state index contributed by atoms with van der Waals surface area (Å²) in [5, 5.41) is 0. The fraction of sp³-hybridized carbons (Fsp3) is 0.667. The third-order valence-corrected chi connectivity index (χ3v) is 1.19. The first-order valence-corrected chi connectivity index (χ1v) is 2.94. The molecule has 0 radical (unpaired) electrons. The number of amides is 1. The molecular formula is C6H11NO3. The fourth-order valence-corrected chi connectivity index (χ4v) is 0.434. The minimum absolute atomic E-state index is 0.0613. The molecule has 0 rings (SSSR count). The molecule has 1 atom stereocenters. The Bertz CT molecular complexity index is 144. The number of esters is 1. The van der Waals surface area contributed by atoms with Crippen molar-refractivity contribution in [2.24, 2.45) is 11.7 Å². The molecule has 0 aromatic rings. The van der Waals surface area contributed by atoms with Gasteiger partial charge in [-0.05, 0) is 0 Å². The average Bonchev–Trinajstić information content (AvgIpc) is 1.87. The van der Waals surface area contributed by atoms with Gasteiger partial charge in [0, 0.05) is 5.92 Å². The Balaban J connectivity index is 3.68. The minimum Gasteiger partial charge on any atom is -0.469 e. The molecule has 0 saturated heterocycles. The van der Waals surface area contributed by atoms with Gasteiger partial charge in [0.05, 0.1) is 13.5 Å². The van der Waals surface area contributed by atoms with Crippen molar-refractivity contribution in [1.29, 1.82) is 0 Å². The van der Waals surface area contributed by atoms with E-state index in [4.69, 9.17) is 5.73 Å². The first kappa shape index (κ1) is 8.94. The lowest BCUT2D eigenvalue weighted by Crippen LogP contribution is -2.23. The molecule has 4 nitrogen and oxygen atoms in total. The van der Waals surface area contributed by atoms with E-state index in [0.717, 1.165) is 0 Å². The van der Waals surface area contributed by atoms with Crippen LogP contribution in [0.2, 0.25) is 0 Å². The molecule has 0 unspecified atom stereocenters. The molecule has 0 aliphatic carbocycles. The van der Waals surface area contributed by atoms with Crippen LogP contribution in [0.25, 0.3) is 0 Å². The standard InChI is InChI=1S/C6H11NO3/c1-4(6(7)9)3-5(8)10-2/h4H,3H2,1-2H3,(H2,7,9)/t4-/m0/s1. The van der Waals surface area contributed by atoms with Crippen molar-refractivity contribution in [1.82, 2.24) is 0 Å². The summed E-state index contributed by atoms with van der Waals surface area (Å²) in [7, 11) is 1.27. The SMILES string of the molecule is COC(=O)C[C@H](C)C(N)=O. The number of rotatable bonds is 3. The maximum Gasteiger partial charge on any atom is 0.306 e. The first-order valence-electron chi connectivity index (χ1n) is 2.94. The van der Waals surface area contributed by atoms with Crippen LogP contribution in [0.4, 0.5) is 0 Å². The summed E-state index contributed by atoms with van der Waals surface area (Å²) in [5.74, 6) is -1.33. The summed E-state index contributed by atoms with van der Waals surface area (Å²) in [6, 6.07) is 0. The highest BCUT2D eigenvalue weighted by Crippen LogP contribution is 2.00. The topological polar surface area (TPSA) is 69.4 Å². The zero-order chi connectivity index (χ0) is 8.15. The molecule has 0 heterocycles. The third-order valence-electron chi connectivity index (χ3n) is 1.19. The average molecular weight is 145 g/mol. The highest BCUT2D eigenvalue weighted by Gasteiger charge is 2.13. The molecular weight excluding hydrogens is 134 g/mol. The second-order valence-electron chi connectivity index (χ2n) is 2.08. The van der Waals surface area contributed by atoms with Gasteiger partial charge in [-0.15, -0.1) is 0 Å². The predicted octanol–water partition coefficient (Wildman–Crippen LogP) is -0.329. The molecule has 0 aromatic carbocycles. The van der Waals surface area contributed by atoms with Gasteiger partial charge in [-0.2, -0.15) is 0 Å². The maximum atomic E-state index is 10.5. The van der Waals surface area contributed by atoms with Gasteiger partial charge in [-0.25, -0.2) is 0 Å². The van der Waals surface area contributed by atoms with Crippen LogP contribution >= 0.6 is 0 Å². The number of primary amides is 1. The molecule has 4 heteroatoms. The number of carbonyl (C=O) groups excluding carboxylic acids is 2. The Kier molecular flexibility index (Phi) is 3.46. The van der Waals surface area contributed by atoms with Gasteiger partial charge >= 0.3 is 5.97 Å². The van der Waals surface area contributed by atoms with Crippen molar-refractivity contribution >= 4 is 11.9 Å². The van der Waals surface area contributed by atoms with Gasteiger partial charge in [0.1, 0.15) is 0 Å². The molecule has 58 valence electrons. The molecule has 0 aliphatic rings. The molecule has 2 N–H and O–H groups in total. The Morgan fingerprint density at radius 3 is 2.40 bits per heavy atom. The van der Waals surface area contributed by atoms with Crippen molar-refractivity contribution in [2.45, 2.75) is 13.3 Å². The van der Waals surface area contributed by atoms with E-state index in [1.807, 2.05) is 0 Å². The Morgan fingerprint density at radius 2 is 2.10 bits per heavy atom. The monoisotopic (exact) mass is 145 g/mol. The largest absolute Gasteiger partial charge is 0.469 e. The van der Waals surface area contributed by atoms with Gasteiger partial charge in [-0.1, -0.05) is 6.92 Å². The lowest BCUT2D eigenvalue weighted by atomic mass is 10.1. The fourth-order valence-electron chi connectivity index (χ4n) is 0.434. The van der Waals surface area contributed by atoms with Crippen LogP contribution in [0.5, 0.6) is 0 Å². The smallest absolute Gasteiger partial charge is 0.306 e. The van der Waals surface area contributed by atoms with Crippen molar-refractivity contribution in [3.63, 3.8) is 0 Å². The lowest BCUT2D eigenvalue weighted by Gasteiger charge is -2.03. The first-order chi connectivity index (χ1) is 4.57. The van der Waals surface area contributed by atoms with Crippen LogP contribution in [0.1, 0.15) is 13.3 Å². The predicted molar refractivity (Wildman–Crippen MR) is 35.0 cm³/mol. The van der Waals surface area contributed by atoms with Crippen molar-refractivity contribution in [2.75, 3.05) is 7.11 Å². The molecule has 0 bridgehead atoms. The van der Waals surface area contributed by atoms with Gasteiger partial charge in [-0.3, -0.25) is 9.59 Å². The van der Waals surface area contributed by atoms with E-state index in [9.17, 15) is 9.59 Å². The van der Waals surface area contributed by atoms with Crippen LogP contribution in [-0.2, 0) is 14.3 Å². The lowest BCUT2D eigenvalue weighted by molar-refractivity contribution is -0.143. The third kappa shape index (κ3) is 3.06. The van der Waals surface area contributed by atoms with Gasteiger partial charge in [0.2, 0.25) is 5.91 Å². The zero-order valence-corrected chi connectivity index (χ0v) is 6.09. The normalized spacial score (nSPS) is 12.2. The van der Waals surface area contributed by atoms with E-state index >= 15 is 0 Å². The number of hydrogen-bond donors (Lipinski definition) is 1. The molecule has 10 heavy (non-hydrogen) atoms. The second-order valence-corrected chi connectivity index (χ2v) is 2.08. The van der Waals surface area contributed by atoms with E-state index in [0.29, 0.717) is 0 Å². The van der Waals surface area contributed by atoms with Crippen molar-refractivity contribution in [3.05, 3.63) is 0 Å². The van der Waals surface area contributed by atoms with Crippen molar-refractivity contribution < 1.29 is 14.3 Å². The van der Waals surface area contributed by atoms with Gasteiger partial charge in [0.15, 0.2) is 0 Å². The zero-order valence-electron chi connectivity index (χ0n) is 6.09. The van der Waals surface area contributed by atoms with E-state index in [-0.39, 0.29) is 6.42 Å². The van der Waals surface area contributed by atoms with Crippen LogP contribution in [0, 0.1) is 5.92 Å². The molecule has 0 aromatic heterocycles. The quantitative estimate of drug-likeness (QED) is 0.553. The molecule has 0 spiro atoms. The molecule has 1 amide bonds. The Labute approximate surface area is 59.3 Å². The summed E-state index contributed by atoms with van der Waals surface area (Å²) < 4.78 is 4.32. The van der Waals surface area contributed by atoms with E-state index < -0.39 is 17.8 Å². The van der Waals surface area contributed by atoms with Crippen LogP contribution < -0.4 is 5.73 Å². The highest BCUT2D eigenvalue weighted by molar-refractivity contribution is 5.81. The summed E-state index contributed by atoms with van der Waals surface area (Å²) in [6.07, 6.45) is 0.0613. The minimum atomic E-state index is -0.481. The summed E-state index contributed by atoms with van der Waals surface area (Å²) >= 11 is 0. The van der Waals surface area contributed by atoms with Crippen molar-refractivity contribution in [3.8, 4) is 0 Å². The van der Waals surface area contributed by atoms with E-state index in [1.54, 1.807) is 6.92 Å². The van der Waals surface area contributed by atoms with E-state index in [2.05, 4.69) is 4.74 Å². The highest BCUT2D eigenvalue weighted by atomic mass is 16.5. The van der Waals surface area contributed by atoms with Gasteiger partial charge in [0.25, 0.3) is 0 Å². The summed E-state index contributed by atoms with van der Waals surface area (Å²) in [4.78, 5) is 20.9. The number of methoxy groups -OCH3 is 1. The van der Waals surface area contributed by atoms with Gasteiger partial charge < -0.3 is 10.5 Å². The van der Waals surface area contributed by atoms with Crippen LogP contribution in [0.3, 0.4) is 0 Å². The number of nitrogens with two attached hydrogens (primary N) is 1. The van der Waals surface area contributed by atoms with Crippen LogP contribution in [0.15, 0.2) is 0 Å². The molecule has 0 saturated carbocycles.